The van der Waals surface area contributed by atoms with E-state index in [1.54, 1.807) is 30.3 Å². The molecule has 0 fully saturated rings. The molecular weight excluding hydrogens is 264 g/mol. The minimum Gasteiger partial charge on any atom is -0.507 e. The van der Waals surface area contributed by atoms with Crippen LogP contribution in [0.1, 0.15) is 17.4 Å². The van der Waals surface area contributed by atoms with Gasteiger partial charge in [0.15, 0.2) is 0 Å². The highest BCUT2D eigenvalue weighted by Gasteiger charge is 2.23. The molecule has 0 radical (unpaired) electrons. The zero-order valence-electron chi connectivity index (χ0n) is 9.88. The molecule has 96 valence electrons. The molecule has 1 atom stereocenters. The Hall–Kier alpha value is -2.20. The highest BCUT2D eigenvalue weighted by atomic mass is 35.5. The van der Waals surface area contributed by atoms with Gasteiger partial charge in [-0.1, -0.05) is 35.9 Å². The molecule has 1 aliphatic heterocycles. The fourth-order valence-electron chi connectivity index (χ4n) is 1.84. The standard InChI is InChI=1S/C14H11ClN2O2/c15-10-7-5-9(6-8-10)13-16-17-14(19-13)11-3-1-2-4-12(11)18/h1-8,13,16,18H. The molecule has 1 aliphatic rings. The van der Waals surface area contributed by atoms with Gasteiger partial charge in [0.2, 0.25) is 12.1 Å². The summed E-state index contributed by atoms with van der Waals surface area (Å²) in [5.74, 6) is 0.512. The molecule has 5 heteroatoms. The van der Waals surface area contributed by atoms with Crippen LogP contribution < -0.4 is 5.43 Å². The van der Waals surface area contributed by atoms with Crippen LogP contribution in [0.25, 0.3) is 0 Å². The Morgan fingerprint density at radius 1 is 1.11 bits per heavy atom. The van der Waals surface area contributed by atoms with E-state index in [-0.39, 0.29) is 12.0 Å². The molecule has 4 nitrogen and oxygen atoms in total. The number of phenolic OH excluding ortho intramolecular Hbond substituents is 1. The van der Waals surface area contributed by atoms with Crippen molar-refractivity contribution < 1.29 is 9.84 Å². The van der Waals surface area contributed by atoms with Gasteiger partial charge in [0.1, 0.15) is 5.75 Å². The van der Waals surface area contributed by atoms with Crippen LogP contribution >= 0.6 is 11.6 Å². The van der Waals surface area contributed by atoms with Crippen molar-refractivity contribution in [2.24, 2.45) is 5.10 Å². The lowest BCUT2D eigenvalue weighted by Crippen LogP contribution is -2.12. The smallest absolute Gasteiger partial charge is 0.244 e. The topological polar surface area (TPSA) is 53.9 Å². The Bertz CT molecular complexity index is 626. The van der Waals surface area contributed by atoms with Crippen LogP contribution in [0.5, 0.6) is 5.75 Å². The lowest BCUT2D eigenvalue weighted by atomic mass is 10.2. The van der Waals surface area contributed by atoms with E-state index in [0.29, 0.717) is 16.5 Å². The van der Waals surface area contributed by atoms with Crippen molar-refractivity contribution in [1.82, 2.24) is 5.43 Å². The van der Waals surface area contributed by atoms with E-state index in [1.807, 2.05) is 18.2 Å². The van der Waals surface area contributed by atoms with Crippen LogP contribution in [0.4, 0.5) is 0 Å². The van der Waals surface area contributed by atoms with Crippen LogP contribution in [-0.2, 0) is 4.74 Å². The highest BCUT2D eigenvalue weighted by Crippen LogP contribution is 2.26. The first-order chi connectivity index (χ1) is 9.24. The van der Waals surface area contributed by atoms with Crippen molar-refractivity contribution in [3.8, 4) is 5.75 Å². The lowest BCUT2D eigenvalue weighted by molar-refractivity contribution is 0.191. The van der Waals surface area contributed by atoms with E-state index >= 15 is 0 Å². The predicted molar refractivity (Wildman–Crippen MR) is 73.1 cm³/mol. The molecule has 19 heavy (non-hydrogen) atoms. The molecule has 0 spiro atoms. The summed E-state index contributed by atoms with van der Waals surface area (Å²) in [5.41, 5.74) is 4.36. The first kappa shape index (κ1) is 11.9. The number of halogens is 1. The number of hydrogen-bond donors (Lipinski definition) is 2. The summed E-state index contributed by atoms with van der Waals surface area (Å²) in [5, 5.41) is 14.5. The number of hydrogen-bond acceptors (Lipinski definition) is 4. The van der Waals surface area contributed by atoms with Crippen molar-refractivity contribution >= 4 is 17.5 Å². The van der Waals surface area contributed by atoms with E-state index in [0.717, 1.165) is 5.56 Å². The highest BCUT2D eigenvalue weighted by molar-refractivity contribution is 6.30. The maximum Gasteiger partial charge on any atom is 0.244 e. The van der Waals surface area contributed by atoms with Gasteiger partial charge in [-0.25, -0.2) is 0 Å². The summed E-state index contributed by atoms with van der Waals surface area (Å²) >= 11 is 5.84. The Morgan fingerprint density at radius 2 is 1.84 bits per heavy atom. The second-order valence-corrected chi connectivity index (χ2v) is 4.55. The molecule has 0 saturated carbocycles. The van der Waals surface area contributed by atoms with Crippen LogP contribution in [0.15, 0.2) is 53.6 Å². The Labute approximate surface area is 115 Å². The molecule has 0 bridgehead atoms. The predicted octanol–water partition coefficient (Wildman–Crippen LogP) is 3.03. The van der Waals surface area contributed by atoms with Crippen molar-refractivity contribution in [3.05, 3.63) is 64.7 Å². The molecule has 0 aromatic heterocycles. The third kappa shape index (κ3) is 2.35. The number of para-hydroxylation sites is 1. The maximum atomic E-state index is 9.76. The largest absolute Gasteiger partial charge is 0.507 e. The summed E-state index contributed by atoms with van der Waals surface area (Å²) < 4.78 is 5.69. The molecule has 0 aliphatic carbocycles. The van der Waals surface area contributed by atoms with Crippen molar-refractivity contribution in [1.29, 1.82) is 0 Å². The van der Waals surface area contributed by atoms with Gasteiger partial charge in [-0.2, -0.15) is 0 Å². The first-order valence-electron chi connectivity index (χ1n) is 5.78. The van der Waals surface area contributed by atoms with Gasteiger partial charge in [-0.05, 0) is 24.3 Å². The lowest BCUT2D eigenvalue weighted by Gasteiger charge is -2.11. The quantitative estimate of drug-likeness (QED) is 0.885. The third-order valence-electron chi connectivity index (χ3n) is 2.82. The van der Waals surface area contributed by atoms with Crippen molar-refractivity contribution in [2.45, 2.75) is 6.23 Å². The van der Waals surface area contributed by atoms with Gasteiger partial charge in [-0.3, -0.25) is 5.43 Å². The van der Waals surface area contributed by atoms with Crippen LogP contribution in [0.3, 0.4) is 0 Å². The number of aromatic hydroxyl groups is 1. The fourth-order valence-corrected chi connectivity index (χ4v) is 1.97. The summed E-state index contributed by atoms with van der Waals surface area (Å²) in [4.78, 5) is 0. The number of benzene rings is 2. The molecule has 2 aromatic carbocycles. The summed E-state index contributed by atoms with van der Waals surface area (Å²) in [6.45, 7) is 0. The number of phenols is 1. The number of nitrogens with one attached hydrogen (secondary N) is 1. The van der Waals surface area contributed by atoms with Crippen LogP contribution in [0.2, 0.25) is 5.02 Å². The van der Waals surface area contributed by atoms with Crippen LogP contribution in [0, 0.1) is 0 Å². The molecule has 1 unspecified atom stereocenters. The number of ether oxygens (including phenoxy) is 1. The fraction of sp³-hybridized carbons (Fsp3) is 0.0714. The second kappa shape index (κ2) is 4.82. The summed E-state index contributed by atoms with van der Waals surface area (Å²) in [7, 11) is 0. The van der Waals surface area contributed by atoms with Gasteiger partial charge in [-0.15, -0.1) is 5.10 Å². The van der Waals surface area contributed by atoms with E-state index in [1.165, 1.54) is 0 Å². The monoisotopic (exact) mass is 274 g/mol. The molecule has 0 amide bonds. The molecule has 2 N–H and O–H groups in total. The molecule has 3 rings (SSSR count). The van der Waals surface area contributed by atoms with Gasteiger partial charge in [0.25, 0.3) is 0 Å². The Morgan fingerprint density at radius 3 is 2.58 bits per heavy atom. The van der Waals surface area contributed by atoms with Gasteiger partial charge in [0.05, 0.1) is 5.56 Å². The number of rotatable bonds is 2. The van der Waals surface area contributed by atoms with Crippen LogP contribution in [-0.4, -0.2) is 11.0 Å². The molecule has 0 saturated heterocycles. The Kier molecular flexibility index (Phi) is 3.01. The molecule has 1 heterocycles. The minimum atomic E-state index is -0.369. The zero-order chi connectivity index (χ0) is 13.2. The number of nitrogens with zero attached hydrogens (tertiary/aromatic N) is 1. The van der Waals surface area contributed by atoms with Gasteiger partial charge < -0.3 is 9.84 Å². The second-order valence-electron chi connectivity index (χ2n) is 4.11. The van der Waals surface area contributed by atoms with Crippen molar-refractivity contribution in [2.75, 3.05) is 0 Å². The van der Waals surface area contributed by atoms with E-state index in [9.17, 15) is 5.11 Å². The Balaban J connectivity index is 1.80. The van der Waals surface area contributed by atoms with Crippen molar-refractivity contribution in [3.63, 3.8) is 0 Å². The summed E-state index contributed by atoms with van der Waals surface area (Å²) in [6, 6.07) is 14.2. The minimum absolute atomic E-state index is 0.139. The summed E-state index contributed by atoms with van der Waals surface area (Å²) in [6.07, 6.45) is -0.369. The maximum absolute atomic E-state index is 9.76. The van der Waals surface area contributed by atoms with Gasteiger partial charge >= 0.3 is 0 Å². The van der Waals surface area contributed by atoms with E-state index in [4.69, 9.17) is 16.3 Å². The van der Waals surface area contributed by atoms with E-state index < -0.39 is 0 Å². The van der Waals surface area contributed by atoms with E-state index in [2.05, 4.69) is 10.5 Å². The zero-order valence-corrected chi connectivity index (χ0v) is 10.6. The SMILES string of the molecule is Oc1ccccc1C1=NNC(c2ccc(Cl)cc2)O1. The normalized spacial score (nSPS) is 17.5. The first-order valence-corrected chi connectivity index (χ1v) is 6.15. The number of hydrazone groups is 1. The average Bonchev–Trinajstić information content (AvgIpc) is 2.89. The average molecular weight is 275 g/mol. The molecule has 2 aromatic rings. The third-order valence-corrected chi connectivity index (χ3v) is 3.07. The molecular formula is C14H11ClN2O2. The van der Waals surface area contributed by atoms with Gasteiger partial charge in [0, 0.05) is 10.6 Å².